The second kappa shape index (κ2) is 9.88. The molecule has 0 bridgehead atoms. The minimum atomic E-state index is -4.06. The number of carbonyl (C=O) groups excluding carboxylic acids is 1. The summed E-state index contributed by atoms with van der Waals surface area (Å²) in [6, 6.07) is 26.0. The Hall–Kier alpha value is -3.98. The van der Waals surface area contributed by atoms with E-state index < -0.39 is 10.0 Å². The summed E-state index contributed by atoms with van der Waals surface area (Å²) >= 11 is 0. The first-order valence-electron chi connectivity index (χ1n) is 10.7. The number of nitrogens with zero attached hydrogens (tertiary/aromatic N) is 4. The standard InChI is InChI=1S/C25H25N5O3S/c1-19-13-15-22(16-14-19)34(32,33)28-25(29(2)26-18-31)30-17-23(20-9-5-3-6-10-20)24(27-30)21-11-7-4-8-12-21/h3-16,18,23H,17H2,1-2H3,(H,26,31)/b28-25+. The van der Waals surface area contributed by atoms with Gasteiger partial charge in [-0.15, -0.1) is 4.40 Å². The number of hydrazone groups is 1. The lowest BCUT2D eigenvalue weighted by Gasteiger charge is -2.25. The Morgan fingerprint density at radius 3 is 2.26 bits per heavy atom. The molecule has 0 saturated carbocycles. The third kappa shape index (κ3) is 4.99. The molecule has 3 aromatic carbocycles. The van der Waals surface area contributed by atoms with Crippen molar-refractivity contribution in [3.63, 3.8) is 0 Å². The molecular formula is C25H25N5O3S. The highest BCUT2D eigenvalue weighted by Gasteiger charge is 2.33. The van der Waals surface area contributed by atoms with Crippen LogP contribution in [0.25, 0.3) is 0 Å². The molecule has 1 N–H and O–H groups in total. The van der Waals surface area contributed by atoms with Crippen molar-refractivity contribution in [1.82, 2.24) is 15.4 Å². The van der Waals surface area contributed by atoms with Gasteiger partial charge in [0.25, 0.3) is 16.0 Å². The number of carbonyl (C=O) groups is 1. The highest BCUT2D eigenvalue weighted by Crippen LogP contribution is 2.29. The fourth-order valence-corrected chi connectivity index (χ4v) is 4.75. The summed E-state index contributed by atoms with van der Waals surface area (Å²) in [6.07, 6.45) is 0.459. The molecule has 0 spiro atoms. The summed E-state index contributed by atoms with van der Waals surface area (Å²) in [4.78, 5) is 11.2. The van der Waals surface area contributed by atoms with Crippen molar-refractivity contribution in [2.45, 2.75) is 17.7 Å². The summed E-state index contributed by atoms with van der Waals surface area (Å²) in [7, 11) is -2.54. The van der Waals surface area contributed by atoms with Crippen LogP contribution in [0.1, 0.15) is 22.6 Å². The van der Waals surface area contributed by atoms with Gasteiger partial charge in [-0.3, -0.25) is 15.2 Å². The van der Waals surface area contributed by atoms with Gasteiger partial charge in [-0.1, -0.05) is 78.4 Å². The van der Waals surface area contributed by atoms with Crippen LogP contribution in [0, 0.1) is 6.92 Å². The number of hydrazine groups is 1. The average molecular weight is 476 g/mol. The minimum Gasteiger partial charge on any atom is -0.277 e. The maximum Gasteiger partial charge on any atom is 0.285 e. The fraction of sp³-hybridized carbons (Fsp3) is 0.160. The molecule has 1 unspecified atom stereocenters. The van der Waals surface area contributed by atoms with E-state index in [4.69, 9.17) is 5.10 Å². The van der Waals surface area contributed by atoms with Crippen molar-refractivity contribution in [2.24, 2.45) is 9.50 Å². The van der Waals surface area contributed by atoms with Crippen LogP contribution >= 0.6 is 0 Å². The summed E-state index contributed by atoms with van der Waals surface area (Å²) in [5.41, 5.74) is 6.14. The molecule has 9 heteroatoms. The Bertz CT molecular complexity index is 1310. The number of aryl methyl sites for hydroxylation is 1. The van der Waals surface area contributed by atoms with Crippen LogP contribution in [0.5, 0.6) is 0 Å². The van der Waals surface area contributed by atoms with Gasteiger partial charge in [-0.05, 0) is 30.2 Å². The van der Waals surface area contributed by atoms with Crippen LogP contribution in [-0.4, -0.2) is 50.1 Å². The zero-order chi connectivity index (χ0) is 24.1. The van der Waals surface area contributed by atoms with E-state index in [1.165, 1.54) is 29.2 Å². The molecule has 1 heterocycles. The van der Waals surface area contributed by atoms with E-state index >= 15 is 0 Å². The van der Waals surface area contributed by atoms with Crippen molar-refractivity contribution in [1.29, 1.82) is 0 Å². The number of benzene rings is 3. The van der Waals surface area contributed by atoms with E-state index in [0.717, 1.165) is 22.4 Å². The second-order valence-corrected chi connectivity index (χ2v) is 9.49. The van der Waals surface area contributed by atoms with Gasteiger partial charge >= 0.3 is 0 Å². The van der Waals surface area contributed by atoms with Crippen molar-refractivity contribution < 1.29 is 13.2 Å². The van der Waals surface area contributed by atoms with Gasteiger partial charge in [-0.25, -0.2) is 5.01 Å². The lowest BCUT2D eigenvalue weighted by Crippen LogP contribution is -2.46. The minimum absolute atomic E-state index is 0.0143. The zero-order valence-electron chi connectivity index (χ0n) is 18.9. The highest BCUT2D eigenvalue weighted by atomic mass is 32.2. The predicted octanol–water partition coefficient (Wildman–Crippen LogP) is 3.14. The molecular weight excluding hydrogens is 450 g/mol. The van der Waals surface area contributed by atoms with Crippen LogP contribution in [0.2, 0.25) is 0 Å². The number of rotatable bonds is 6. The number of hydrogen-bond acceptors (Lipinski definition) is 4. The number of sulfonamides is 1. The molecule has 1 aliphatic heterocycles. The van der Waals surface area contributed by atoms with Gasteiger partial charge < -0.3 is 0 Å². The molecule has 0 aliphatic carbocycles. The van der Waals surface area contributed by atoms with E-state index in [1.807, 2.05) is 67.6 Å². The first-order valence-corrected chi connectivity index (χ1v) is 12.1. The monoisotopic (exact) mass is 475 g/mol. The van der Waals surface area contributed by atoms with E-state index in [2.05, 4.69) is 9.82 Å². The largest absolute Gasteiger partial charge is 0.285 e. The van der Waals surface area contributed by atoms with Crippen LogP contribution in [0.4, 0.5) is 0 Å². The van der Waals surface area contributed by atoms with E-state index in [1.54, 1.807) is 12.1 Å². The third-order valence-corrected chi connectivity index (χ3v) is 6.75. The Morgan fingerprint density at radius 1 is 1.03 bits per heavy atom. The fourth-order valence-electron chi connectivity index (χ4n) is 3.73. The maximum atomic E-state index is 13.1. The van der Waals surface area contributed by atoms with E-state index in [-0.39, 0.29) is 16.8 Å². The SMILES string of the molecule is Cc1ccc(S(=O)(=O)/N=C(/N2CC(c3ccccc3)C(c3ccccc3)=N2)N(C)NC=O)cc1. The number of hydrogen-bond donors (Lipinski definition) is 1. The molecule has 0 saturated heterocycles. The normalized spacial score (nSPS) is 16.2. The van der Waals surface area contributed by atoms with Crippen LogP contribution in [0.15, 0.2) is 99.3 Å². The topological polar surface area (TPSA) is 94.4 Å². The first-order chi connectivity index (χ1) is 16.4. The summed E-state index contributed by atoms with van der Waals surface area (Å²) < 4.78 is 30.3. The molecule has 34 heavy (non-hydrogen) atoms. The van der Waals surface area contributed by atoms with Crippen molar-refractivity contribution in [3.8, 4) is 0 Å². The third-order valence-electron chi connectivity index (χ3n) is 5.48. The van der Waals surface area contributed by atoms with Gasteiger partial charge in [0.05, 0.1) is 17.2 Å². The zero-order valence-corrected chi connectivity index (χ0v) is 19.7. The molecule has 1 amide bonds. The van der Waals surface area contributed by atoms with Crippen LogP contribution < -0.4 is 5.43 Å². The van der Waals surface area contributed by atoms with E-state index in [0.29, 0.717) is 13.0 Å². The summed E-state index contributed by atoms with van der Waals surface area (Å²) in [5.74, 6) is -0.139. The maximum absolute atomic E-state index is 13.1. The van der Waals surface area contributed by atoms with Crippen molar-refractivity contribution in [3.05, 3.63) is 102 Å². The van der Waals surface area contributed by atoms with Gasteiger partial charge in [-0.2, -0.15) is 13.5 Å². The predicted molar refractivity (Wildman–Crippen MR) is 132 cm³/mol. The number of nitrogens with one attached hydrogen (secondary N) is 1. The van der Waals surface area contributed by atoms with Gasteiger partial charge in [0.2, 0.25) is 6.41 Å². The molecule has 1 atom stereocenters. The Kier molecular flexibility index (Phi) is 6.74. The van der Waals surface area contributed by atoms with Crippen LogP contribution in [-0.2, 0) is 14.8 Å². The molecule has 0 radical (unpaired) electrons. The van der Waals surface area contributed by atoms with Gasteiger partial charge in [0.1, 0.15) is 0 Å². The molecule has 4 rings (SSSR count). The second-order valence-electron chi connectivity index (χ2n) is 7.88. The molecule has 8 nitrogen and oxygen atoms in total. The van der Waals surface area contributed by atoms with Crippen molar-refractivity contribution in [2.75, 3.05) is 13.6 Å². The Balaban J connectivity index is 1.80. The Morgan fingerprint density at radius 2 is 1.65 bits per heavy atom. The molecule has 174 valence electrons. The number of amides is 1. The average Bonchev–Trinajstić information content (AvgIpc) is 3.29. The summed E-state index contributed by atoms with van der Waals surface area (Å²) in [5, 5.41) is 7.53. The first kappa shape index (κ1) is 23.2. The lowest BCUT2D eigenvalue weighted by molar-refractivity contribution is -0.112. The highest BCUT2D eigenvalue weighted by molar-refractivity contribution is 7.90. The summed E-state index contributed by atoms with van der Waals surface area (Å²) in [6.45, 7) is 2.22. The lowest BCUT2D eigenvalue weighted by atomic mass is 9.91. The Labute approximate surface area is 199 Å². The number of guanidine groups is 1. The molecule has 1 aliphatic rings. The van der Waals surface area contributed by atoms with E-state index in [9.17, 15) is 13.2 Å². The van der Waals surface area contributed by atoms with Gasteiger partial charge in [0, 0.05) is 13.0 Å². The molecule has 0 fully saturated rings. The molecule has 3 aromatic rings. The smallest absolute Gasteiger partial charge is 0.277 e. The molecule has 0 aromatic heterocycles. The quantitative estimate of drug-likeness (QED) is 0.256. The van der Waals surface area contributed by atoms with Gasteiger partial charge in [0.15, 0.2) is 0 Å². The van der Waals surface area contributed by atoms with Crippen LogP contribution in [0.3, 0.4) is 0 Å². The van der Waals surface area contributed by atoms with Crippen molar-refractivity contribution >= 4 is 28.1 Å².